The first-order chi connectivity index (χ1) is 18.1. The Hall–Kier alpha value is -4.25. The number of carbonyl (C=O) groups is 2. The number of fused-ring (bicyclic) bond motifs is 1. The minimum absolute atomic E-state index is 0.0348. The number of hydrogen-bond donors (Lipinski definition) is 1. The molecule has 2 heterocycles. The van der Waals surface area contributed by atoms with Crippen LogP contribution in [0, 0.1) is 0 Å². The van der Waals surface area contributed by atoms with Crippen LogP contribution in [0.15, 0.2) is 93.0 Å². The first kappa shape index (κ1) is 25.4. The average molecular weight is 588 g/mol. The Bertz CT molecular complexity index is 1610. The van der Waals surface area contributed by atoms with Crippen molar-refractivity contribution in [3.05, 3.63) is 99.9 Å². The molecule has 1 atom stereocenters. The average Bonchev–Trinajstić information content (AvgIpc) is 3.41. The van der Waals surface area contributed by atoms with Crippen LogP contribution in [0.25, 0.3) is 11.0 Å². The summed E-state index contributed by atoms with van der Waals surface area (Å²) >= 11 is 3.35. The molecule has 7 nitrogen and oxygen atoms in total. The van der Waals surface area contributed by atoms with E-state index in [0.717, 1.165) is 21.5 Å². The number of hydrogen-bond acceptors (Lipinski definition) is 6. The predicted molar refractivity (Wildman–Crippen MR) is 134 cm³/mol. The number of benzene rings is 3. The molecule has 1 N–H and O–H groups in total. The lowest BCUT2D eigenvalue weighted by atomic mass is 9.94. The largest absolute Gasteiger partial charge is 0.573 e. The lowest BCUT2D eigenvalue weighted by Gasteiger charge is -2.27. The minimum atomic E-state index is -4.96. The summed E-state index contributed by atoms with van der Waals surface area (Å²) < 4.78 is 54.3. The van der Waals surface area contributed by atoms with E-state index in [1.165, 1.54) is 25.3 Å². The highest BCUT2D eigenvalue weighted by atomic mass is 79.9. The number of rotatable bonds is 6. The summed E-state index contributed by atoms with van der Waals surface area (Å²) in [5, 5.41) is 11.5. The molecular weight excluding hydrogens is 571 g/mol. The summed E-state index contributed by atoms with van der Waals surface area (Å²) in [7, 11) is 1.43. The second kappa shape index (κ2) is 9.56. The van der Waals surface area contributed by atoms with E-state index >= 15 is 0 Å². The van der Waals surface area contributed by atoms with Gasteiger partial charge in [0.05, 0.1) is 18.7 Å². The van der Waals surface area contributed by atoms with E-state index in [1.807, 2.05) is 0 Å². The van der Waals surface area contributed by atoms with E-state index < -0.39 is 35.6 Å². The van der Waals surface area contributed by atoms with E-state index in [-0.39, 0.29) is 17.0 Å². The number of ether oxygens (including phenoxy) is 2. The van der Waals surface area contributed by atoms with Crippen LogP contribution in [0.3, 0.4) is 0 Å². The van der Waals surface area contributed by atoms with Crippen LogP contribution in [-0.4, -0.2) is 30.3 Å². The Kier molecular flexibility index (Phi) is 6.39. The highest BCUT2D eigenvalue weighted by Crippen LogP contribution is 2.44. The summed E-state index contributed by atoms with van der Waals surface area (Å²) in [5.41, 5.74) is 0.440. The lowest BCUT2D eigenvalue weighted by Crippen LogP contribution is -2.31. The number of aliphatic hydroxyl groups excluding tert-OH is 1. The number of Topliss-reactive ketones (excluding diaryl/α,β-unsaturated/α-hetero) is 1. The molecule has 1 unspecified atom stereocenters. The SMILES string of the molecule is COc1cccc(C2C(C(=O)c3cc4cc(Br)ccc4o3)=C(O)C(=O)N2c2cccc(OC(F)(F)F)c2)c1. The number of methoxy groups -OCH3 is 1. The van der Waals surface area contributed by atoms with Crippen LogP contribution in [0.1, 0.15) is 22.2 Å². The van der Waals surface area contributed by atoms with Gasteiger partial charge in [0, 0.05) is 21.6 Å². The van der Waals surface area contributed by atoms with Crippen molar-refractivity contribution in [1.82, 2.24) is 0 Å². The Balaban J connectivity index is 1.64. The van der Waals surface area contributed by atoms with Gasteiger partial charge >= 0.3 is 6.36 Å². The maximum atomic E-state index is 13.7. The van der Waals surface area contributed by atoms with Crippen molar-refractivity contribution < 1.29 is 41.8 Å². The topological polar surface area (TPSA) is 89.2 Å². The number of aliphatic hydroxyl groups is 1. The van der Waals surface area contributed by atoms with Crippen molar-refractivity contribution in [2.24, 2.45) is 0 Å². The molecule has 5 rings (SSSR count). The molecule has 3 aromatic carbocycles. The van der Waals surface area contributed by atoms with Gasteiger partial charge in [-0.25, -0.2) is 0 Å². The maximum Gasteiger partial charge on any atom is 0.573 e. The highest BCUT2D eigenvalue weighted by molar-refractivity contribution is 9.10. The second-order valence-corrected chi connectivity index (χ2v) is 9.20. The Morgan fingerprint density at radius 3 is 2.50 bits per heavy atom. The predicted octanol–water partition coefficient (Wildman–Crippen LogP) is 6.89. The zero-order chi connectivity index (χ0) is 27.2. The number of alkyl halides is 3. The van der Waals surface area contributed by atoms with Gasteiger partial charge in [-0.3, -0.25) is 14.5 Å². The Morgan fingerprint density at radius 1 is 1.03 bits per heavy atom. The van der Waals surface area contributed by atoms with Crippen LogP contribution in [-0.2, 0) is 4.79 Å². The highest BCUT2D eigenvalue weighted by Gasteiger charge is 2.46. The van der Waals surface area contributed by atoms with E-state index in [0.29, 0.717) is 22.3 Å². The van der Waals surface area contributed by atoms with Gasteiger partial charge in [-0.05, 0) is 54.1 Å². The number of ketones is 1. The molecule has 0 saturated carbocycles. The Labute approximate surface area is 221 Å². The zero-order valence-electron chi connectivity index (χ0n) is 19.5. The van der Waals surface area contributed by atoms with E-state index in [9.17, 15) is 27.9 Å². The summed E-state index contributed by atoms with van der Waals surface area (Å²) in [5.74, 6) is -2.90. The number of anilines is 1. The quantitative estimate of drug-likeness (QED) is 0.247. The smallest absolute Gasteiger partial charge is 0.503 e. The van der Waals surface area contributed by atoms with Crippen molar-refractivity contribution >= 4 is 44.3 Å². The van der Waals surface area contributed by atoms with Gasteiger partial charge in [-0.2, -0.15) is 0 Å². The lowest BCUT2D eigenvalue weighted by molar-refractivity contribution is -0.274. The van der Waals surface area contributed by atoms with Crippen molar-refractivity contribution in [3.8, 4) is 11.5 Å². The molecule has 0 spiro atoms. The molecule has 0 bridgehead atoms. The molecule has 4 aromatic rings. The second-order valence-electron chi connectivity index (χ2n) is 8.28. The zero-order valence-corrected chi connectivity index (χ0v) is 21.0. The fourth-order valence-corrected chi connectivity index (χ4v) is 4.70. The summed E-state index contributed by atoms with van der Waals surface area (Å²) in [4.78, 5) is 28.1. The third kappa shape index (κ3) is 4.72. The van der Waals surface area contributed by atoms with Crippen molar-refractivity contribution in [3.63, 3.8) is 0 Å². The molecular formula is C27H17BrF3NO6. The van der Waals surface area contributed by atoms with E-state index in [2.05, 4.69) is 20.7 Å². The van der Waals surface area contributed by atoms with Crippen LogP contribution in [0.5, 0.6) is 11.5 Å². The van der Waals surface area contributed by atoms with Crippen molar-refractivity contribution in [2.45, 2.75) is 12.4 Å². The number of furan rings is 1. The number of halogens is 4. The number of carbonyl (C=O) groups excluding carboxylic acids is 2. The fourth-order valence-electron chi connectivity index (χ4n) is 4.32. The van der Waals surface area contributed by atoms with Crippen molar-refractivity contribution in [2.75, 3.05) is 12.0 Å². The monoisotopic (exact) mass is 587 g/mol. The molecule has 194 valence electrons. The van der Waals surface area contributed by atoms with Crippen LogP contribution in [0.2, 0.25) is 0 Å². The van der Waals surface area contributed by atoms with Gasteiger partial charge < -0.3 is 19.0 Å². The molecule has 1 aliphatic rings. The van der Waals surface area contributed by atoms with E-state index in [4.69, 9.17) is 9.15 Å². The maximum absolute atomic E-state index is 13.7. The van der Waals surface area contributed by atoms with Crippen LogP contribution in [0.4, 0.5) is 18.9 Å². The molecule has 11 heteroatoms. The molecule has 1 aromatic heterocycles. The standard InChI is InChI=1S/C27H17BrF3NO6/c1-36-18-6-2-4-14(11-18)23-22(24(33)21-12-15-10-16(28)8-9-20(15)37-21)25(34)26(35)32(23)17-5-3-7-19(13-17)38-27(29,30)31/h2-13,23,34H,1H3. The molecule has 38 heavy (non-hydrogen) atoms. The van der Waals surface area contributed by atoms with Gasteiger partial charge in [-0.15, -0.1) is 13.2 Å². The normalized spacial score (nSPS) is 15.9. The summed E-state index contributed by atoms with van der Waals surface area (Å²) in [6.07, 6.45) is -4.96. The first-order valence-electron chi connectivity index (χ1n) is 11.1. The number of nitrogens with zero attached hydrogens (tertiary/aromatic N) is 1. The molecule has 0 aliphatic carbocycles. The van der Waals surface area contributed by atoms with Crippen LogP contribution < -0.4 is 14.4 Å². The summed E-state index contributed by atoms with van der Waals surface area (Å²) in [6.45, 7) is 0. The fraction of sp³-hybridized carbons (Fsp3) is 0.111. The third-order valence-electron chi connectivity index (χ3n) is 5.89. The van der Waals surface area contributed by atoms with Gasteiger partial charge in [0.2, 0.25) is 5.78 Å². The van der Waals surface area contributed by atoms with Gasteiger partial charge in [0.15, 0.2) is 11.5 Å². The van der Waals surface area contributed by atoms with E-state index in [1.54, 1.807) is 42.5 Å². The van der Waals surface area contributed by atoms with Crippen LogP contribution >= 0.6 is 15.9 Å². The first-order valence-corrected chi connectivity index (χ1v) is 11.9. The summed E-state index contributed by atoms with van der Waals surface area (Å²) in [6, 6.07) is 16.5. The minimum Gasteiger partial charge on any atom is -0.503 e. The molecule has 0 radical (unpaired) electrons. The van der Waals surface area contributed by atoms with Gasteiger partial charge in [0.25, 0.3) is 5.91 Å². The van der Waals surface area contributed by atoms with Crippen molar-refractivity contribution in [1.29, 1.82) is 0 Å². The molecule has 1 aliphatic heterocycles. The molecule has 0 saturated heterocycles. The number of amides is 1. The van der Waals surface area contributed by atoms with Gasteiger partial charge in [0.1, 0.15) is 17.1 Å². The molecule has 1 amide bonds. The Morgan fingerprint density at radius 2 is 1.76 bits per heavy atom. The van der Waals surface area contributed by atoms with Gasteiger partial charge in [-0.1, -0.05) is 34.1 Å². The molecule has 0 fully saturated rings. The third-order valence-corrected chi connectivity index (χ3v) is 6.39.